The van der Waals surface area contributed by atoms with Crippen LogP contribution in [0.1, 0.15) is 5.56 Å². The summed E-state index contributed by atoms with van der Waals surface area (Å²) in [6.07, 6.45) is 0. The summed E-state index contributed by atoms with van der Waals surface area (Å²) in [5.41, 5.74) is 1.49. The van der Waals surface area contributed by atoms with Crippen LogP contribution in [-0.4, -0.2) is 36.9 Å². The summed E-state index contributed by atoms with van der Waals surface area (Å²) in [5.74, 6) is -0.429. The Labute approximate surface area is 167 Å². The first kappa shape index (κ1) is 20.5. The molecule has 0 heterocycles. The van der Waals surface area contributed by atoms with Gasteiger partial charge < -0.3 is 10.6 Å². The third kappa shape index (κ3) is 6.84. The van der Waals surface area contributed by atoms with Crippen LogP contribution in [0.4, 0.5) is 5.69 Å². The van der Waals surface area contributed by atoms with Gasteiger partial charge in [0.2, 0.25) is 11.8 Å². The standard InChI is InChI=1S/C18H18Cl3N3O2/c1-24(10-17(25)22-9-12-2-4-13(19)5-3-12)11-18(26)23-14-6-7-15(20)16(21)8-14/h2-8H,9-11H2,1H3,(H,22,25)(H,23,26). The summed E-state index contributed by atoms with van der Waals surface area (Å²) < 4.78 is 0. The minimum Gasteiger partial charge on any atom is -0.351 e. The van der Waals surface area contributed by atoms with Gasteiger partial charge in [-0.25, -0.2) is 0 Å². The number of anilines is 1. The lowest BCUT2D eigenvalue weighted by Crippen LogP contribution is -2.38. The number of nitrogens with zero attached hydrogens (tertiary/aromatic N) is 1. The molecule has 8 heteroatoms. The van der Waals surface area contributed by atoms with E-state index in [9.17, 15) is 9.59 Å². The quantitative estimate of drug-likeness (QED) is 0.724. The molecule has 0 saturated carbocycles. The molecule has 2 N–H and O–H groups in total. The first-order valence-corrected chi connectivity index (χ1v) is 8.91. The predicted octanol–water partition coefficient (Wildman–Crippen LogP) is 3.83. The van der Waals surface area contributed by atoms with Crippen LogP contribution in [0.2, 0.25) is 15.1 Å². The highest BCUT2D eigenvalue weighted by molar-refractivity contribution is 6.42. The number of hydrogen-bond acceptors (Lipinski definition) is 3. The lowest BCUT2D eigenvalue weighted by molar-refractivity contribution is -0.123. The molecule has 26 heavy (non-hydrogen) atoms. The molecule has 138 valence electrons. The van der Waals surface area contributed by atoms with Crippen LogP contribution in [0.3, 0.4) is 0 Å². The second-order valence-corrected chi connectivity index (χ2v) is 7.00. The van der Waals surface area contributed by atoms with Crippen molar-refractivity contribution in [2.45, 2.75) is 6.54 Å². The first-order valence-electron chi connectivity index (χ1n) is 7.78. The molecular formula is C18H18Cl3N3O2. The smallest absolute Gasteiger partial charge is 0.238 e. The maximum atomic E-state index is 12.0. The summed E-state index contributed by atoms with van der Waals surface area (Å²) in [6.45, 7) is 0.566. The Bertz CT molecular complexity index is 782. The van der Waals surface area contributed by atoms with Gasteiger partial charge in [-0.05, 0) is 42.9 Å². The number of nitrogens with one attached hydrogen (secondary N) is 2. The van der Waals surface area contributed by atoms with E-state index in [2.05, 4.69) is 10.6 Å². The van der Waals surface area contributed by atoms with Gasteiger partial charge in [-0.3, -0.25) is 14.5 Å². The van der Waals surface area contributed by atoms with E-state index in [0.29, 0.717) is 27.3 Å². The van der Waals surface area contributed by atoms with Crippen molar-refractivity contribution in [2.75, 3.05) is 25.5 Å². The van der Waals surface area contributed by atoms with Crippen LogP contribution in [0, 0.1) is 0 Å². The Kier molecular flexibility index (Phi) is 7.72. The van der Waals surface area contributed by atoms with E-state index in [0.717, 1.165) is 5.56 Å². The highest BCUT2D eigenvalue weighted by atomic mass is 35.5. The van der Waals surface area contributed by atoms with Gasteiger partial charge in [0.25, 0.3) is 0 Å². The van der Waals surface area contributed by atoms with Gasteiger partial charge in [0.15, 0.2) is 0 Å². The Balaban J connectivity index is 1.75. The van der Waals surface area contributed by atoms with Crippen molar-refractivity contribution in [2.24, 2.45) is 0 Å². The summed E-state index contributed by atoms with van der Waals surface area (Å²) in [7, 11) is 1.69. The monoisotopic (exact) mass is 413 g/mol. The molecule has 0 fully saturated rings. The Morgan fingerprint density at radius 1 is 0.923 bits per heavy atom. The molecule has 0 saturated heterocycles. The Hall–Kier alpha value is -1.79. The average molecular weight is 415 g/mol. The SMILES string of the molecule is CN(CC(=O)NCc1ccc(Cl)cc1)CC(=O)Nc1ccc(Cl)c(Cl)c1. The Morgan fingerprint density at radius 2 is 1.58 bits per heavy atom. The van der Waals surface area contributed by atoms with E-state index >= 15 is 0 Å². The number of amides is 2. The molecule has 2 rings (SSSR count). The van der Waals surface area contributed by atoms with Crippen molar-refractivity contribution in [3.8, 4) is 0 Å². The van der Waals surface area contributed by atoms with Gasteiger partial charge in [-0.15, -0.1) is 0 Å². The van der Waals surface area contributed by atoms with Crippen LogP contribution < -0.4 is 10.6 Å². The number of hydrogen-bond donors (Lipinski definition) is 2. The predicted molar refractivity (Wildman–Crippen MR) is 106 cm³/mol. The maximum absolute atomic E-state index is 12.0. The number of carbonyl (C=O) groups is 2. The largest absolute Gasteiger partial charge is 0.351 e. The summed E-state index contributed by atoms with van der Waals surface area (Å²) >= 11 is 17.6. The van der Waals surface area contributed by atoms with Crippen LogP contribution in [0.15, 0.2) is 42.5 Å². The molecular weight excluding hydrogens is 397 g/mol. The zero-order valence-electron chi connectivity index (χ0n) is 14.1. The molecule has 2 aromatic rings. The van der Waals surface area contributed by atoms with Crippen LogP contribution in [0.25, 0.3) is 0 Å². The van der Waals surface area contributed by atoms with E-state index < -0.39 is 0 Å². The number of rotatable bonds is 7. The molecule has 0 bridgehead atoms. The number of halogens is 3. The molecule has 0 aromatic heterocycles. The van der Waals surface area contributed by atoms with E-state index in [1.807, 2.05) is 12.1 Å². The van der Waals surface area contributed by atoms with Crippen LogP contribution in [-0.2, 0) is 16.1 Å². The fourth-order valence-corrected chi connectivity index (χ4v) is 2.60. The lowest BCUT2D eigenvalue weighted by Gasteiger charge is -2.16. The van der Waals surface area contributed by atoms with Crippen molar-refractivity contribution < 1.29 is 9.59 Å². The molecule has 0 aliphatic carbocycles. The molecule has 0 atom stereocenters. The second kappa shape index (κ2) is 9.78. The van der Waals surface area contributed by atoms with Crippen molar-refractivity contribution in [1.29, 1.82) is 0 Å². The molecule has 0 radical (unpaired) electrons. The van der Waals surface area contributed by atoms with Gasteiger partial charge in [0.05, 0.1) is 23.1 Å². The van der Waals surface area contributed by atoms with Crippen LogP contribution >= 0.6 is 34.8 Å². The van der Waals surface area contributed by atoms with Gasteiger partial charge in [-0.2, -0.15) is 0 Å². The summed E-state index contributed by atoms with van der Waals surface area (Å²) in [6, 6.07) is 12.1. The lowest BCUT2D eigenvalue weighted by atomic mass is 10.2. The second-order valence-electron chi connectivity index (χ2n) is 5.75. The van der Waals surface area contributed by atoms with Crippen molar-refractivity contribution in [1.82, 2.24) is 10.2 Å². The minimum absolute atomic E-state index is 0.0641. The van der Waals surface area contributed by atoms with Crippen LogP contribution in [0.5, 0.6) is 0 Å². The van der Waals surface area contributed by atoms with Crippen molar-refractivity contribution >= 4 is 52.3 Å². The number of benzene rings is 2. The zero-order valence-corrected chi connectivity index (χ0v) is 16.3. The Morgan fingerprint density at radius 3 is 2.23 bits per heavy atom. The van der Waals surface area contributed by atoms with Gasteiger partial charge in [0.1, 0.15) is 0 Å². The third-order valence-electron chi connectivity index (χ3n) is 3.43. The maximum Gasteiger partial charge on any atom is 0.238 e. The summed E-state index contributed by atoms with van der Waals surface area (Å²) in [4.78, 5) is 25.6. The normalized spacial score (nSPS) is 10.7. The highest BCUT2D eigenvalue weighted by Crippen LogP contribution is 2.24. The molecule has 0 aliphatic rings. The average Bonchev–Trinajstić information content (AvgIpc) is 2.57. The minimum atomic E-state index is -0.253. The fraction of sp³-hybridized carbons (Fsp3) is 0.222. The molecule has 5 nitrogen and oxygen atoms in total. The fourth-order valence-electron chi connectivity index (χ4n) is 2.18. The zero-order chi connectivity index (χ0) is 19.1. The molecule has 2 amide bonds. The third-order valence-corrected chi connectivity index (χ3v) is 4.42. The van der Waals surface area contributed by atoms with E-state index in [4.69, 9.17) is 34.8 Å². The first-order chi connectivity index (χ1) is 12.3. The number of likely N-dealkylation sites (N-methyl/N-ethyl adjacent to an activating group) is 1. The van der Waals surface area contributed by atoms with Crippen molar-refractivity contribution in [3.63, 3.8) is 0 Å². The van der Waals surface area contributed by atoms with E-state index in [-0.39, 0.29) is 24.9 Å². The van der Waals surface area contributed by atoms with Gasteiger partial charge in [0, 0.05) is 17.3 Å². The van der Waals surface area contributed by atoms with E-state index in [1.54, 1.807) is 42.3 Å². The topological polar surface area (TPSA) is 61.4 Å². The highest BCUT2D eigenvalue weighted by Gasteiger charge is 2.11. The molecule has 2 aromatic carbocycles. The van der Waals surface area contributed by atoms with Gasteiger partial charge >= 0.3 is 0 Å². The van der Waals surface area contributed by atoms with E-state index in [1.165, 1.54) is 0 Å². The number of carbonyl (C=O) groups excluding carboxylic acids is 2. The summed E-state index contributed by atoms with van der Waals surface area (Å²) in [5, 5.41) is 6.93. The van der Waals surface area contributed by atoms with Gasteiger partial charge in [-0.1, -0.05) is 46.9 Å². The molecule has 0 spiro atoms. The molecule has 0 unspecified atom stereocenters. The van der Waals surface area contributed by atoms with Crippen molar-refractivity contribution in [3.05, 3.63) is 63.1 Å². The molecule has 0 aliphatic heterocycles.